The number of pyridine rings is 1. The molecule has 5 aromatic rings. The molecule has 0 amide bonds. The average molecular weight is 489 g/mol. The highest BCUT2D eigenvalue weighted by Crippen LogP contribution is 2.39. The zero-order valence-corrected chi connectivity index (χ0v) is 19.2. The third-order valence-corrected chi connectivity index (χ3v) is 6.51. The van der Waals surface area contributed by atoms with Gasteiger partial charge < -0.3 is 0 Å². The van der Waals surface area contributed by atoms with Crippen molar-refractivity contribution in [1.82, 2.24) is 40.5 Å². The van der Waals surface area contributed by atoms with E-state index < -0.39 is 5.82 Å². The van der Waals surface area contributed by atoms with E-state index in [0.29, 0.717) is 22.7 Å². The van der Waals surface area contributed by atoms with Gasteiger partial charge in [0, 0.05) is 29.1 Å². The van der Waals surface area contributed by atoms with E-state index in [1.165, 1.54) is 29.9 Å². The quantitative estimate of drug-likeness (QED) is 0.348. The molecule has 0 aliphatic heterocycles. The Morgan fingerprint density at radius 3 is 2.66 bits per heavy atom. The maximum absolute atomic E-state index is 15.2. The first kappa shape index (κ1) is 21.5. The summed E-state index contributed by atoms with van der Waals surface area (Å²) in [6.07, 6.45) is 13.7. The Morgan fingerprint density at radius 1 is 1.03 bits per heavy atom. The second-order valence-electron chi connectivity index (χ2n) is 8.56. The van der Waals surface area contributed by atoms with E-state index in [-0.39, 0.29) is 11.1 Å². The maximum Gasteiger partial charge on any atom is 0.293 e. The van der Waals surface area contributed by atoms with Gasteiger partial charge in [-0.05, 0) is 36.6 Å². The first-order chi connectivity index (χ1) is 17.2. The Morgan fingerprint density at radius 2 is 1.94 bits per heavy atom. The van der Waals surface area contributed by atoms with Gasteiger partial charge in [0.25, 0.3) is 6.33 Å². The molecule has 1 aliphatic carbocycles. The molecule has 0 bridgehead atoms. The van der Waals surface area contributed by atoms with Crippen LogP contribution in [0.15, 0.2) is 67.6 Å². The van der Waals surface area contributed by atoms with Gasteiger partial charge in [-0.15, -0.1) is 4.68 Å². The summed E-state index contributed by atoms with van der Waals surface area (Å²) in [5, 5.41) is 22.7. The fourth-order valence-electron chi connectivity index (χ4n) is 4.21. The van der Waals surface area contributed by atoms with Gasteiger partial charge in [0.2, 0.25) is 0 Å². The fourth-order valence-corrected chi connectivity index (χ4v) is 4.37. The van der Waals surface area contributed by atoms with Crippen LogP contribution < -0.4 is 4.68 Å². The lowest BCUT2D eigenvalue weighted by molar-refractivity contribution is -0.659. The molecule has 1 fully saturated rings. The van der Waals surface area contributed by atoms with E-state index in [2.05, 4.69) is 30.8 Å². The standard InChI is InChI=1S/C24H19ClFN9/c25-19-4-6-21(35-14-30-32-33-35)23(24(19)26)17-3-5-20(27-10-17)22(9-15-1-2-15)34-13-18(12-31-34)16-7-8-28-29-11-16/h3-8,10-15,22H,1-2,9H2/p+1. The molecule has 174 valence electrons. The third-order valence-electron chi connectivity index (χ3n) is 6.22. The van der Waals surface area contributed by atoms with E-state index in [9.17, 15) is 0 Å². The fraction of sp³-hybridized carbons (Fsp3) is 0.208. The van der Waals surface area contributed by atoms with E-state index in [1.54, 1.807) is 24.7 Å². The van der Waals surface area contributed by atoms with Crippen LogP contribution in [-0.4, -0.2) is 40.5 Å². The SMILES string of the molecule is Fc1c(Cl)ccc(-[n+]2cnn[nH]2)c1-c1ccc(C(CC2CC2)n2cc(-c3ccnnc3)cn2)nc1. The monoisotopic (exact) mass is 488 g/mol. The summed E-state index contributed by atoms with van der Waals surface area (Å²) >= 11 is 6.11. The van der Waals surface area contributed by atoms with Gasteiger partial charge in [0.1, 0.15) is 10.8 Å². The van der Waals surface area contributed by atoms with Crippen LogP contribution in [0.3, 0.4) is 0 Å². The van der Waals surface area contributed by atoms with Crippen molar-refractivity contribution in [1.29, 1.82) is 0 Å². The number of nitrogens with zero attached hydrogens (tertiary/aromatic N) is 8. The van der Waals surface area contributed by atoms with Crippen molar-refractivity contribution in [2.24, 2.45) is 5.92 Å². The first-order valence-electron chi connectivity index (χ1n) is 11.2. The summed E-state index contributed by atoms with van der Waals surface area (Å²) in [5.41, 5.74) is 4.23. The van der Waals surface area contributed by atoms with Gasteiger partial charge in [-0.2, -0.15) is 15.3 Å². The van der Waals surface area contributed by atoms with Crippen molar-refractivity contribution in [3.63, 3.8) is 0 Å². The van der Waals surface area contributed by atoms with Gasteiger partial charge in [-0.1, -0.05) is 35.7 Å². The zero-order chi connectivity index (χ0) is 23.8. The summed E-state index contributed by atoms with van der Waals surface area (Å²) in [6.45, 7) is 0. The van der Waals surface area contributed by atoms with Crippen LogP contribution in [-0.2, 0) is 0 Å². The van der Waals surface area contributed by atoms with Crippen LogP contribution in [0.2, 0.25) is 5.02 Å². The summed E-state index contributed by atoms with van der Waals surface area (Å²) in [7, 11) is 0. The molecule has 9 nitrogen and oxygen atoms in total. The van der Waals surface area contributed by atoms with E-state index in [1.807, 2.05) is 35.3 Å². The molecule has 35 heavy (non-hydrogen) atoms. The predicted octanol–water partition coefficient (Wildman–Crippen LogP) is 3.98. The number of halogens is 2. The summed E-state index contributed by atoms with van der Waals surface area (Å²) in [5.74, 6) is 0.121. The molecule has 1 atom stereocenters. The van der Waals surface area contributed by atoms with E-state index in [4.69, 9.17) is 16.6 Å². The van der Waals surface area contributed by atoms with Gasteiger partial charge in [0.05, 0.1) is 40.9 Å². The number of hydrogen-bond acceptors (Lipinski definition) is 6. The molecule has 4 aromatic heterocycles. The highest BCUT2D eigenvalue weighted by molar-refractivity contribution is 6.31. The van der Waals surface area contributed by atoms with Crippen molar-refractivity contribution in [2.45, 2.75) is 25.3 Å². The van der Waals surface area contributed by atoms with Crippen molar-refractivity contribution < 1.29 is 9.07 Å². The lowest BCUT2D eigenvalue weighted by Crippen LogP contribution is -2.33. The minimum Gasteiger partial charge on any atom is -0.263 e. The number of rotatable bonds is 7. The van der Waals surface area contributed by atoms with Gasteiger partial charge >= 0.3 is 0 Å². The molecule has 1 saturated carbocycles. The molecule has 0 radical (unpaired) electrons. The van der Waals surface area contributed by atoms with Crippen LogP contribution in [0.4, 0.5) is 4.39 Å². The van der Waals surface area contributed by atoms with Crippen LogP contribution in [0.1, 0.15) is 31.0 Å². The normalized spacial score (nSPS) is 14.2. The Labute approximate surface area is 204 Å². The zero-order valence-electron chi connectivity index (χ0n) is 18.5. The Hall–Kier alpha value is -4.05. The molecule has 1 aliphatic rings. The van der Waals surface area contributed by atoms with Gasteiger partial charge in [0.15, 0.2) is 11.0 Å². The summed E-state index contributed by atoms with van der Waals surface area (Å²) in [6, 6.07) is 8.88. The third kappa shape index (κ3) is 4.28. The van der Waals surface area contributed by atoms with Crippen molar-refractivity contribution in [3.8, 4) is 27.9 Å². The number of benzene rings is 1. The smallest absolute Gasteiger partial charge is 0.263 e. The largest absolute Gasteiger partial charge is 0.293 e. The molecule has 1 aromatic carbocycles. The van der Waals surface area contributed by atoms with Crippen molar-refractivity contribution in [2.75, 3.05) is 0 Å². The van der Waals surface area contributed by atoms with E-state index >= 15 is 4.39 Å². The maximum atomic E-state index is 15.2. The van der Waals surface area contributed by atoms with Crippen LogP contribution in [0, 0.1) is 11.7 Å². The van der Waals surface area contributed by atoms with Crippen LogP contribution in [0.25, 0.3) is 27.9 Å². The topological polar surface area (TPSA) is 102 Å². The lowest BCUT2D eigenvalue weighted by atomic mass is 10.0. The number of hydrogen-bond donors (Lipinski definition) is 1. The van der Waals surface area contributed by atoms with Crippen LogP contribution >= 0.6 is 11.6 Å². The molecule has 0 saturated heterocycles. The van der Waals surface area contributed by atoms with Crippen LogP contribution in [0.5, 0.6) is 0 Å². The molecular weight excluding hydrogens is 469 g/mol. The first-order valence-corrected chi connectivity index (χ1v) is 11.6. The number of H-pyrrole nitrogens is 1. The average Bonchev–Trinajstić information content (AvgIpc) is 3.33. The molecule has 0 spiro atoms. The number of aromatic amines is 1. The van der Waals surface area contributed by atoms with Crippen molar-refractivity contribution in [3.05, 3.63) is 84.2 Å². The summed E-state index contributed by atoms with van der Waals surface area (Å²) in [4.78, 5) is 4.74. The lowest BCUT2D eigenvalue weighted by Gasteiger charge is -2.18. The molecule has 4 heterocycles. The highest BCUT2D eigenvalue weighted by Gasteiger charge is 2.29. The molecule has 11 heteroatoms. The predicted molar refractivity (Wildman–Crippen MR) is 125 cm³/mol. The summed E-state index contributed by atoms with van der Waals surface area (Å²) < 4.78 is 18.6. The molecular formula is C24H20ClFN9+. The number of tetrazole rings is 1. The number of nitrogens with one attached hydrogen (secondary N) is 1. The second kappa shape index (κ2) is 8.95. The van der Waals surface area contributed by atoms with Gasteiger partial charge in [-0.3, -0.25) is 9.67 Å². The Kier molecular flexibility index (Phi) is 5.49. The van der Waals surface area contributed by atoms with Gasteiger partial charge in [-0.25, -0.2) is 4.39 Å². The Balaban J connectivity index is 1.36. The van der Waals surface area contributed by atoms with Crippen molar-refractivity contribution >= 4 is 11.6 Å². The Bertz CT molecular complexity index is 1450. The molecule has 6 rings (SSSR count). The highest BCUT2D eigenvalue weighted by atomic mass is 35.5. The molecule has 1 N–H and O–H groups in total. The van der Waals surface area contributed by atoms with E-state index in [0.717, 1.165) is 23.2 Å². The minimum absolute atomic E-state index is 0.0298. The minimum atomic E-state index is -0.530. The second-order valence-corrected chi connectivity index (χ2v) is 8.97. The molecule has 1 unspecified atom stereocenters. The number of aromatic nitrogens is 9.